The number of aliphatic hydroxyl groups excluding tert-OH is 1. The lowest BCUT2D eigenvalue weighted by atomic mass is 10.1. The van der Waals surface area contributed by atoms with Gasteiger partial charge in [0.05, 0.1) is 24.4 Å². The van der Waals surface area contributed by atoms with Crippen LogP contribution in [-0.4, -0.2) is 75.9 Å². The number of aromatic nitrogens is 1. The number of rotatable bonds is 6. The van der Waals surface area contributed by atoms with Gasteiger partial charge in [-0.15, -0.1) is 11.3 Å². The second-order valence-corrected chi connectivity index (χ2v) is 7.72. The highest BCUT2D eigenvalue weighted by molar-refractivity contribution is 7.11. The summed E-state index contributed by atoms with van der Waals surface area (Å²) in [7, 11) is 0. The first-order valence-electron chi connectivity index (χ1n) is 9.31. The molecule has 2 amide bonds. The number of hydrogen-bond donors (Lipinski definition) is 1. The Kier molecular flexibility index (Phi) is 5.52. The minimum atomic E-state index is -0.258. The normalized spacial score (nSPS) is 18.5. The maximum absolute atomic E-state index is 13.3. The number of imide groups is 1. The summed E-state index contributed by atoms with van der Waals surface area (Å²) in [6, 6.07) is 9.25. The molecule has 0 radical (unpaired) electrons. The summed E-state index contributed by atoms with van der Waals surface area (Å²) < 4.78 is 0. The van der Waals surface area contributed by atoms with Crippen molar-refractivity contribution in [2.75, 3.05) is 39.3 Å². The zero-order valence-corrected chi connectivity index (χ0v) is 16.3. The van der Waals surface area contributed by atoms with Crippen molar-refractivity contribution in [1.82, 2.24) is 19.7 Å². The van der Waals surface area contributed by atoms with Crippen molar-refractivity contribution in [3.05, 3.63) is 58.2 Å². The first kappa shape index (κ1) is 18.8. The summed E-state index contributed by atoms with van der Waals surface area (Å²) in [6.07, 6.45) is 1.66. The zero-order chi connectivity index (χ0) is 19.5. The second kappa shape index (κ2) is 8.22. The first-order chi connectivity index (χ1) is 13.7. The molecule has 2 aliphatic rings. The predicted molar refractivity (Wildman–Crippen MR) is 106 cm³/mol. The van der Waals surface area contributed by atoms with Gasteiger partial charge in [0.1, 0.15) is 5.70 Å². The zero-order valence-electron chi connectivity index (χ0n) is 15.5. The fourth-order valence-electron chi connectivity index (χ4n) is 3.63. The Hall–Kier alpha value is -2.55. The molecule has 146 valence electrons. The Bertz CT molecular complexity index is 874. The molecule has 2 aliphatic heterocycles. The van der Waals surface area contributed by atoms with Crippen LogP contribution in [0.5, 0.6) is 0 Å². The van der Waals surface area contributed by atoms with Crippen LogP contribution in [0.3, 0.4) is 0 Å². The highest BCUT2D eigenvalue weighted by atomic mass is 32.1. The second-order valence-electron chi connectivity index (χ2n) is 6.77. The number of nitrogens with zero attached hydrogens (tertiary/aromatic N) is 4. The molecule has 0 unspecified atom stereocenters. The molecule has 2 aromatic heterocycles. The minimum absolute atomic E-state index is 0.123. The molecule has 1 fully saturated rings. The van der Waals surface area contributed by atoms with E-state index in [4.69, 9.17) is 5.11 Å². The predicted octanol–water partition coefficient (Wildman–Crippen LogP) is 1.03. The standard InChI is InChI=1S/C20H22N4O3S/c25-12-11-22-7-9-23(10-8-22)18-17(16-5-3-13-28-16)19(26)24(20(18)27)14-15-4-1-2-6-21-15/h1-6,13,25H,7-12,14H2. The van der Waals surface area contributed by atoms with Gasteiger partial charge in [0.25, 0.3) is 11.8 Å². The van der Waals surface area contributed by atoms with Crippen LogP contribution in [0.2, 0.25) is 0 Å². The summed E-state index contributed by atoms with van der Waals surface area (Å²) in [6.45, 7) is 3.73. The highest BCUT2D eigenvalue weighted by Gasteiger charge is 2.42. The fraction of sp³-hybridized carbons (Fsp3) is 0.350. The first-order valence-corrected chi connectivity index (χ1v) is 10.2. The smallest absolute Gasteiger partial charge is 0.278 e. The molecule has 0 spiro atoms. The Morgan fingerprint density at radius 1 is 1.04 bits per heavy atom. The van der Waals surface area contributed by atoms with E-state index >= 15 is 0 Å². The summed E-state index contributed by atoms with van der Waals surface area (Å²) in [4.78, 5) is 37.0. The largest absolute Gasteiger partial charge is 0.395 e. The van der Waals surface area contributed by atoms with E-state index < -0.39 is 0 Å². The van der Waals surface area contributed by atoms with Gasteiger partial charge in [0.2, 0.25) is 0 Å². The molecule has 4 heterocycles. The van der Waals surface area contributed by atoms with Crippen LogP contribution in [0.15, 0.2) is 47.6 Å². The van der Waals surface area contributed by atoms with E-state index in [1.165, 1.54) is 16.2 Å². The Morgan fingerprint density at radius 2 is 1.86 bits per heavy atom. The van der Waals surface area contributed by atoms with E-state index in [0.29, 0.717) is 36.6 Å². The third kappa shape index (κ3) is 3.58. The number of amides is 2. The van der Waals surface area contributed by atoms with E-state index in [1.807, 2.05) is 40.6 Å². The maximum atomic E-state index is 13.3. The molecule has 2 aromatic rings. The number of thiophene rings is 1. The minimum Gasteiger partial charge on any atom is -0.395 e. The van der Waals surface area contributed by atoms with Crippen LogP contribution in [0.25, 0.3) is 5.57 Å². The van der Waals surface area contributed by atoms with Gasteiger partial charge in [-0.3, -0.25) is 24.4 Å². The van der Waals surface area contributed by atoms with Crippen molar-refractivity contribution >= 4 is 28.7 Å². The lowest BCUT2D eigenvalue weighted by Gasteiger charge is -2.36. The van der Waals surface area contributed by atoms with Crippen molar-refractivity contribution in [3.63, 3.8) is 0 Å². The molecule has 0 aromatic carbocycles. The van der Waals surface area contributed by atoms with Crippen LogP contribution >= 0.6 is 11.3 Å². The molecule has 28 heavy (non-hydrogen) atoms. The SMILES string of the molecule is O=C1C(c2cccs2)=C(N2CCN(CCO)CC2)C(=O)N1Cc1ccccn1. The molecule has 1 saturated heterocycles. The summed E-state index contributed by atoms with van der Waals surface area (Å²) in [5.74, 6) is -0.513. The van der Waals surface area contributed by atoms with Crippen LogP contribution in [-0.2, 0) is 16.1 Å². The highest BCUT2D eigenvalue weighted by Crippen LogP contribution is 2.34. The molecular weight excluding hydrogens is 376 g/mol. The number of hydrogen-bond acceptors (Lipinski definition) is 7. The van der Waals surface area contributed by atoms with Gasteiger partial charge in [-0.25, -0.2) is 0 Å². The monoisotopic (exact) mass is 398 g/mol. The van der Waals surface area contributed by atoms with Crippen molar-refractivity contribution in [2.45, 2.75) is 6.54 Å². The van der Waals surface area contributed by atoms with Gasteiger partial charge in [0.15, 0.2) is 0 Å². The molecule has 4 rings (SSSR count). The maximum Gasteiger partial charge on any atom is 0.278 e. The van der Waals surface area contributed by atoms with Crippen molar-refractivity contribution in [3.8, 4) is 0 Å². The van der Waals surface area contributed by atoms with Gasteiger partial charge < -0.3 is 10.0 Å². The van der Waals surface area contributed by atoms with Crippen molar-refractivity contribution in [2.24, 2.45) is 0 Å². The molecular formula is C20H22N4O3S. The molecule has 0 bridgehead atoms. The molecule has 1 N–H and O–H groups in total. The van der Waals surface area contributed by atoms with E-state index in [-0.39, 0.29) is 25.0 Å². The Morgan fingerprint density at radius 3 is 2.50 bits per heavy atom. The molecule has 0 aliphatic carbocycles. The topological polar surface area (TPSA) is 77.0 Å². The average molecular weight is 398 g/mol. The number of piperazine rings is 1. The summed E-state index contributed by atoms with van der Waals surface area (Å²) >= 11 is 1.47. The summed E-state index contributed by atoms with van der Waals surface area (Å²) in [5, 5.41) is 11.1. The number of β-amino-alcohol motifs (C(OH)–C–C–N with tert-alkyl or cyclic N) is 1. The lowest BCUT2D eigenvalue weighted by molar-refractivity contribution is -0.138. The number of pyridine rings is 1. The molecule has 8 heteroatoms. The van der Waals surface area contributed by atoms with Crippen molar-refractivity contribution < 1.29 is 14.7 Å². The van der Waals surface area contributed by atoms with Gasteiger partial charge in [-0.05, 0) is 23.6 Å². The lowest BCUT2D eigenvalue weighted by Crippen LogP contribution is -2.48. The van der Waals surface area contributed by atoms with Crippen LogP contribution in [0, 0.1) is 0 Å². The number of carbonyl (C=O) groups is 2. The Labute approximate surface area is 167 Å². The van der Waals surface area contributed by atoms with Gasteiger partial charge in [-0.2, -0.15) is 0 Å². The Balaban J connectivity index is 1.63. The van der Waals surface area contributed by atoms with Crippen LogP contribution in [0.4, 0.5) is 0 Å². The third-order valence-corrected chi connectivity index (χ3v) is 5.95. The van der Waals surface area contributed by atoms with E-state index in [2.05, 4.69) is 9.88 Å². The summed E-state index contributed by atoms with van der Waals surface area (Å²) in [5.41, 5.74) is 1.67. The van der Waals surface area contributed by atoms with E-state index in [9.17, 15) is 9.59 Å². The number of carbonyl (C=O) groups excluding carboxylic acids is 2. The van der Waals surface area contributed by atoms with Gasteiger partial charge in [-0.1, -0.05) is 12.1 Å². The van der Waals surface area contributed by atoms with E-state index in [0.717, 1.165) is 18.0 Å². The number of aliphatic hydroxyl groups is 1. The van der Waals surface area contributed by atoms with Crippen molar-refractivity contribution in [1.29, 1.82) is 0 Å². The molecule has 0 atom stereocenters. The quantitative estimate of drug-likeness (QED) is 0.733. The molecule has 7 nitrogen and oxygen atoms in total. The fourth-order valence-corrected chi connectivity index (χ4v) is 4.40. The van der Waals surface area contributed by atoms with Crippen LogP contribution < -0.4 is 0 Å². The third-order valence-electron chi connectivity index (χ3n) is 5.06. The van der Waals surface area contributed by atoms with Crippen LogP contribution in [0.1, 0.15) is 10.6 Å². The van der Waals surface area contributed by atoms with E-state index in [1.54, 1.807) is 6.20 Å². The van der Waals surface area contributed by atoms with Gasteiger partial charge in [0, 0.05) is 43.8 Å². The van der Waals surface area contributed by atoms with Gasteiger partial charge >= 0.3 is 0 Å². The average Bonchev–Trinajstić information content (AvgIpc) is 3.32. The molecule has 0 saturated carbocycles.